The van der Waals surface area contributed by atoms with E-state index in [0.717, 1.165) is 22.2 Å². The van der Waals surface area contributed by atoms with Crippen molar-refractivity contribution in [3.05, 3.63) is 81.9 Å². The maximum Gasteiger partial charge on any atom is 0.417 e. The third-order valence-corrected chi connectivity index (χ3v) is 6.06. The first-order chi connectivity index (χ1) is 15.3. The molecule has 0 amide bonds. The van der Waals surface area contributed by atoms with Gasteiger partial charge in [0.15, 0.2) is 0 Å². The van der Waals surface area contributed by atoms with Gasteiger partial charge in [-0.2, -0.15) is 13.2 Å². The average Bonchev–Trinajstić information content (AvgIpc) is 3.28. The highest BCUT2D eigenvalue weighted by atomic mass is 35.5. The lowest BCUT2D eigenvalue weighted by atomic mass is 10.1. The fourth-order valence-electron chi connectivity index (χ4n) is 3.05. The van der Waals surface area contributed by atoms with E-state index in [1.54, 1.807) is 23.6 Å². The second kappa shape index (κ2) is 9.23. The van der Waals surface area contributed by atoms with Gasteiger partial charge in [-0.3, -0.25) is 4.98 Å². The van der Waals surface area contributed by atoms with E-state index in [9.17, 15) is 13.2 Å². The van der Waals surface area contributed by atoms with Crippen molar-refractivity contribution in [1.29, 1.82) is 0 Å². The van der Waals surface area contributed by atoms with Gasteiger partial charge in [-0.1, -0.05) is 23.7 Å². The molecule has 0 saturated carbocycles. The molecule has 3 aromatic heterocycles. The first-order valence-electron chi connectivity index (χ1n) is 9.50. The number of aromatic nitrogens is 3. The first-order valence-corrected chi connectivity index (χ1v) is 10.8. The van der Waals surface area contributed by atoms with Gasteiger partial charge in [0.2, 0.25) is 0 Å². The molecule has 10 heteroatoms. The smallest absolute Gasteiger partial charge is 0.368 e. The molecular formula is C22H17ClF3N5S. The Labute approximate surface area is 191 Å². The van der Waals surface area contributed by atoms with Crippen LogP contribution in [0.15, 0.2) is 66.4 Å². The number of nitrogens with zero attached hydrogens (tertiary/aromatic N) is 3. The lowest BCUT2D eigenvalue weighted by Gasteiger charge is -2.13. The van der Waals surface area contributed by atoms with Crippen LogP contribution < -0.4 is 11.1 Å². The van der Waals surface area contributed by atoms with Gasteiger partial charge in [-0.25, -0.2) is 9.97 Å². The van der Waals surface area contributed by atoms with Crippen LogP contribution in [0.3, 0.4) is 0 Å². The Kier molecular flexibility index (Phi) is 6.40. The number of thiophene rings is 1. The summed E-state index contributed by atoms with van der Waals surface area (Å²) in [5.74, 6) is 0.503. The molecule has 4 rings (SSSR count). The number of benzene rings is 1. The Morgan fingerprint density at radius 3 is 2.56 bits per heavy atom. The van der Waals surface area contributed by atoms with E-state index in [2.05, 4.69) is 20.3 Å². The van der Waals surface area contributed by atoms with Crippen molar-refractivity contribution in [2.24, 2.45) is 5.73 Å². The highest BCUT2D eigenvalue weighted by Crippen LogP contribution is 2.36. The van der Waals surface area contributed by atoms with Crippen LogP contribution in [0.1, 0.15) is 16.5 Å². The zero-order valence-electron chi connectivity index (χ0n) is 16.5. The number of hydrogen-bond acceptors (Lipinski definition) is 6. The molecule has 164 valence electrons. The number of nitrogens with one attached hydrogen (secondary N) is 1. The van der Waals surface area contributed by atoms with Crippen LogP contribution in [0.25, 0.3) is 22.5 Å². The Hall–Kier alpha value is -3.01. The van der Waals surface area contributed by atoms with Crippen LogP contribution in [-0.4, -0.2) is 21.5 Å². The van der Waals surface area contributed by atoms with E-state index >= 15 is 0 Å². The number of halogens is 4. The number of pyridine rings is 1. The van der Waals surface area contributed by atoms with Crippen molar-refractivity contribution >= 4 is 28.8 Å². The van der Waals surface area contributed by atoms with E-state index in [4.69, 9.17) is 17.3 Å². The fourth-order valence-corrected chi connectivity index (χ4v) is 4.24. The molecule has 1 atom stereocenters. The van der Waals surface area contributed by atoms with Crippen LogP contribution in [-0.2, 0) is 6.18 Å². The summed E-state index contributed by atoms with van der Waals surface area (Å²) in [6.45, 7) is 0.409. The third-order valence-electron chi connectivity index (χ3n) is 4.69. The summed E-state index contributed by atoms with van der Waals surface area (Å²) in [4.78, 5) is 13.6. The maximum atomic E-state index is 12.9. The van der Waals surface area contributed by atoms with Gasteiger partial charge in [-0.15, -0.1) is 11.3 Å². The fraction of sp³-hybridized carbons (Fsp3) is 0.136. The molecule has 3 N–H and O–H groups in total. The summed E-state index contributed by atoms with van der Waals surface area (Å²) in [5, 5.41) is 4.78. The minimum Gasteiger partial charge on any atom is -0.368 e. The quantitative estimate of drug-likeness (QED) is 0.355. The van der Waals surface area contributed by atoms with Crippen molar-refractivity contribution in [1.82, 2.24) is 15.0 Å². The summed E-state index contributed by atoms with van der Waals surface area (Å²) in [7, 11) is 0. The molecule has 0 radical (unpaired) electrons. The van der Waals surface area contributed by atoms with Crippen LogP contribution in [0.2, 0.25) is 5.02 Å². The van der Waals surface area contributed by atoms with E-state index in [1.807, 2.05) is 29.6 Å². The molecule has 0 aliphatic heterocycles. The Balaban J connectivity index is 1.45. The number of anilines is 1. The minimum absolute atomic E-state index is 0.281. The Bertz CT molecular complexity index is 1210. The number of hydrogen-bond donors (Lipinski definition) is 2. The molecule has 0 spiro atoms. The number of alkyl halides is 3. The van der Waals surface area contributed by atoms with Gasteiger partial charge >= 0.3 is 6.18 Å². The van der Waals surface area contributed by atoms with Crippen molar-refractivity contribution in [2.45, 2.75) is 12.2 Å². The number of rotatable bonds is 6. The van der Waals surface area contributed by atoms with Gasteiger partial charge in [0.25, 0.3) is 0 Å². The molecule has 0 fully saturated rings. The number of nitrogens with two attached hydrogens (primary N) is 1. The topological polar surface area (TPSA) is 76.7 Å². The second-order valence-corrected chi connectivity index (χ2v) is 8.27. The van der Waals surface area contributed by atoms with Gasteiger partial charge < -0.3 is 11.1 Å². The molecule has 0 aliphatic rings. The summed E-state index contributed by atoms with van der Waals surface area (Å²) in [6.07, 6.45) is -1.44. The normalized spacial score (nSPS) is 12.5. The second-order valence-electron chi connectivity index (χ2n) is 6.92. The van der Waals surface area contributed by atoms with Crippen molar-refractivity contribution in [3.63, 3.8) is 0 Å². The van der Waals surface area contributed by atoms with Crippen molar-refractivity contribution in [2.75, 3.05) is 11.9 Å². The van der Waals surface area contributed by atoms with Crippen LogP contribution in [0.4, 0.5) is 19.0 Å². The van der Waals surface area contributed by atoms with Crippen LogP contribution in [0, 0.1) is 0 Å². The Morgan fingerprint density at radius 2 is 1.84 bits per heavy atom. The summed E-state index contributed by atoms with van der Waals surface area (Å²) < 4.78 is 38.8. The average molecular weight is 476 g/mol. The predicted octanol–water partition coefficient (Wildman–Crippen LogP) is 6.05. The van der Waals surface area contributed by atoms with Gasteiger partial charge in [0.05, 0.1) is 28.0 Å². The molecule has 3 heterocycles. The summed E-state index contributed by atoms with van der Waals surface area (Å²) in [5.41, 5.74) is 8.22. The standard InChI is InChI=1S/C22H17ClF3N5S/c23-16-7-13(4-5-15(16)22(24,25)26)19-9-21(31-12-30-19)29-10-17(27)20-8-14(11-32-20)18-3-1-2-6-28-18/h1-9,11-12,17H,10,27H2,(H,29,30,31). The maximum absolute atomic E-state index is 12.9. The highest BCUT2D eigenvalue weighted by molar-refractivity contribution is 7.10. The zero-order chi connectivity index (χ0) is 22.7. The molecule has 1 aromatic carbocycles. The third kappa shape index (κ3) is 5.07. The molecular weight excluding hydrogens is 459 g/mol. The van der Waals surface area contributed by atoms with E-state index < -0.39 is 11.7 Å². The molecule has 1 unspecified atom stereocenters. The van der Waals surface area contributed by atoms with Crippen molar-refractivity contribution in [3.8, 4) is 22.5 Å². The molecule has 5 nitrogen and oxygen atoms in total. The molecule has 0 saturated heterocycles. The minimum atomic E-state index is -4.51. The molecule has 4 aromatic rings. The molecule has 32 heavy (non-hydrogen) atoms. The molecule has 0 aliphatic carbocycles. The van der Waals surface area contributed by atoms with E-state index in [-0.39, 0.29) is 11.1 Å². The zero-order valence-corrected chi connectivity index (χ0v) is 18.0. The van der Waals surface area contributed by atoms with Gasteiger partial charge in [-0.05, 0) is 30.3 Å². The van der Waals surface area contributed by atoms with Crippen LogP contribution in [0.5, 0.6) is 0 Å². The van der Waals surface area contributed by atoms with Crippen molar-refractivity contribution < 1.29 is 13.2 Å². The molecule has 0 bridgehead atoms. The first kappa shape index (κ1) is 22.2. The SMILES string of the molecule is NC(CNc1cc(-c2ccc(C(F)(F)F)c(Cl)c2)ncn1)c1cc(-c2ccccn2)cs1. The van der Waals surface area contributed by atoms with Crippen LogP contribution >= 0.6 is 22.9 Å². The highest BCUT2D eigenvalue weighted by Gasteiger charge is 2.33. The largest absolute Gasteiger partial charge is 0.417 e. The predicted molar refractivity (Wildman–Crippen MR) is 120 cm³/mol. The lowest BCUT2D eigenvalue weighted by molar-refractivity contribution is -0.137. The van der Waals surface area contributed by atoms with Gasteiger partial charge in [0.1, 0.15) is 12.1 Å². The summed E-state index contributed by atoms with van der Waals surface area (Å²) in [6, 6.07) is 12.6. The van der Waals surface area contributed by atoms with Gasteiger partial charge in [0, 0.05) is 40.2 Å². The van der Waals surface area contributed by atoms with E-state index in [0.29, 0.717) is 23.6 Å². The monoisotopic (exact) mass is 475 g/mol. The lowest BCUT2D eigenvalue weighted by Crippen LogP contribution is -2.20. The van der Waals surface area contributed by atoms with E-state index in [1.165, 1.54) is 18.5 Å². The Morgan fingerprint density at radius 1 is 1.00 bits per heavy atom. The summed E-state index contributed by atoms with van der Waals surface area (Å²) >= 11 is 7.37.